The molecule has 0 radical (unpaired) electrons. The molecule has 78 valence electrons. The molecule has 1 heterocycles. The van der Waals surface area contributed by atoms with E-state index in [-0.39, 0.29) is 0 Å². The van der Waals surface area contributed by atoms with E-state index in [0.717, 1.165) is 18.9 Å². The molecule has 1 aromatic heterocycles. The fraction of sp³-hybridized carbons (Fsp3) is 0.364. The van der Waals surface area contributed by atoms with Gasteiger partial charge >= 0.3 is 0 Å². The summed E-state index contributed by atoms with van der Waals surface area (Å²) < 4.78 is 1.97. The molecule has 0 unspecified atom stereocenters. The molecule has 0 aromatic carbocycles. The second-order valence-electron chi connectivity index (χ2n) is 2.82. The minimum atomic E-state index is 0.867. The molecule has 3 heteroatoms. The van der Waals surface area contributed by atoms with Crippen molar-refractivity contribution in [2.24, 2.45) is 7.05 Å². The Morgan fingerprint density at radius 2 is 2.00 bits per heavy atom. The molecule has 1 rings (SSSR count). The Balaban J connectivity index is 0.000000241. The second kappa shape index (κ2) is 8.26. The molecule has 0 aliphatic carbocycles. The Hall–Kier alpha value is -1.35. The van der Waals surface area contributed by atoms with Gasteiger partial charge in [0.2, 0.25) is 0 Å². The van der Waals surface area contributed by atoms with Gasteiger partial charge in [-0.2, -0.15) is 0 Å². The molecular weight excluding hydrogens is 174 g/mol. The van der Waals surface area contributed by atoms with E-state index < -0.39 is 0 Å². The number of hydrogen-bond donors (Lipinski definition) is 1. The van der Waals surface area contributed by atoms with Crippen LogP contribution < -0.4 is 5.32 Å². The van der Waals surface area contributed by atoms with E-state index in [9.17, 15) is 0 Å². The van der Waals surface area contributed by atoms with Crippen LogP contribution in [0.3, 0.4) is 0 Å². The van der Waals surface area contributed by atoms with E-state index in [1.54, 1.807) is 6.20 Å². The van der Waals surface area contributed by atoms with Gasteiger partial charge in [-0.25, -0.2) is 4.98 Å². The van der Waals surface area contributed by atoms with Gasteiger partial charge in [0.25, 0.3) is 0 Å². The number of imidazole rings is 1. The summed E-state index contributed by atoms with van der Waals surface area (Å²) in [6, 6.07) is 0. The van der Waals surface area contributed by atoms with Gasteiger partial charge in [0, 0.05) is 32.5 Å². The predicted molar refractivity (Wildman–Crippen MR) is 61.2 cm³/mol. The molecule has 1 aromatic rings. The van der Waals surface area contributed by atoms with Crippen molar-refractivity contribution in [3.05, 3.63) is 43.5 Å². The summed E-state index contributed by atoms with van der Waals surface area (Å²) in [6.07, 6.45) is 7.36. The summed E-state index contributed by atoms with van der Waals surface area (Å²) in [6.45, 7) is 10.8. The van der Waals surface area contributed by atoms with E-state index >= 15 is 0 Å². The Labute approximate surface area is 86.2 Å². The SMILES string of the molecule is C=CCNCC=C.Cc1nccn1C. The molecule has 0 saturated heterocycles. The van der Waals surface area contributed by atoms with Crippen LogP contribution in [-0.4, -0.2) is 22.6 Å². The zero-order valence-electron chi connectivity index (χ0n) is 9.03. The minimum absolute atomic E-state index is 0.867. The van der Waals surface area contributed by atoms with Crippen LogP contribution in [0.25, 0.3) is 0 Å². The van der Waals surface area contributed by atoms with Crippen LogP contribution in [0.5, 0.6) is 0 Å². The Morgan fingerprint density at radius 3 is 2.21 bits per heavy atom. The maximum atomic E-state index is 3.98. The third-order valence-corrected chi connectivity index (χ3v) is 1.64. The van der Waals surface area contributed by atoms with E-state index in [1.165, 1.54) is 0 Å². The number of aryl methyl sites for hydroxylation is 2. The van der Waals surface area contributed by atoms with Gasteiger partial charge in [-0.05, 0) is 6.92 Å². The Bertz CT molecular complexity index is 239. The maximum absolute atomic E-state index is 3.98. The maximum Gasteiger partial charge on any atom is 0.105 e. The van der Waals surface area contributed by atoms with Gasteiger partial charge in [-0.1, -0.05) is 12.2 Å². The van der Waals surface area contributed by atoms with E-state index in [2.05, 4.69) is 23.5 Å². The first-order valence-electron chi connectivity index (χ1n) is 4.58. The molecule has 0 bridgehead atoms. The summed E-state index contributed by atoms with van der Waals surface area (Å²) in [5, 5.41) is 3.05. The summed E-state index contributed by atoms with van der Waals surface area (Å²) in [4.78, 5) is 3.98. The third-order valence-electron chi connectivity index (χ3n) is 1.64. The van der Waals surface area contributed by atoms with Crippen LogP contribution >= 0.6 is 0 Å². The predicted octanol–water partition coefficient (Wildman–Crippen LogP) is 1.68. The molecule has 3 nitrogen and oxygen atoms in total. The zero-order chi connectivity index (χ0) is 10.8. The van der Waals surface area contributed by atoms with Crippen molar-refractivity contribution < 1.29 is 0 Å². The van der Waals surface area contributed by atoms with Crippen LogP contribution in [0.2, 0.25) is 0 Å². The zero-order valence-corrected chi connectivity index (χ0v) is 9.03. The topological polar surface area (TPSA) is 29.9 Å². The minimum Gasteiger partial charge on any atom is -0.338 e. The standard InChI is InChI=1S/C6H11N.C5H8N2/c1-3-5-7-6-4-2;1-5-6-3-4-7(5)2/h3-4,7H,1-2,5-6H2;3-4H,1-2H3. The molecule has 0 atom stereocenters. The van der Waals surface area contributed by atoms with Crippen molar-refractivity contribution in [2.75, 3.05) is 13.1 Å². The Morgan fingerprint density at radius 1 is 1.43 bits per heavy atom. The quantitative estimate of drug-likeness (QED) is 0.582. The summed E-state index contributed by atoms with van der Waals surface area (Å²) in [7, 11) is 1.97. The van der Waals surface area contributed by atoms with Crippen LogP contribution in [0.4, 0.5) is 0 Å². The number of aromatic nitrogens is 2. The summed E-state index contributed by atoms with van der Waals surface area (Å²) in [5.74, 6) is 1.06. The highest BCUT2D eigenvalue weighted by Crippen LogP contribution is 1.86. The van der Waals surface area contributed by atoms with Gasteiger partial charge in [0.05, 0.1) is 0 Å². The smallest absolute Gasteiger partial charge is 0.105 e. The van der Waals surface area contributed by atoms with Gasteiger partial charge in [0.15, 0.2) is 0 Å². The average molecular weight is 193 g/mol. The number of nitrogens with zero attached hydrogens (tertiary/aromatic N) is 2. The van der Waals surface area contributed by atoms with Crippen LogP contribution in [0.15, 0.2) is 37.7 Å². The van der Waals surface area contributed by atoms with E-state index in [4.69, 9.17) is 0 Å². The lowest BCUT2D eigenvalue weighted by Crippen LogP contribution is -2.11. The highest BCUT2D eigenvalue weighted by atomic mass is 15.0. The normalized spacial score (nSPS) is 8.71. The van der Waals surface area contributed by atoms with Gasteiger partial charge in [0.1, 0.15) is 5.82 Å². The fourth-order valence-electron chi connectivity index (χ4n) is 0.728. The molecule has 0 amide bonds. The van der Waals surface area contributed by atoms with Crippen molar-refractivity contribution in [1.82, 2.24) is 14.9 Å². The molecular formula is C11H19N3. The first kappa shape index (κ1) is 12.7. The molecule has 0 aliphatic rings. The molecule has 0 spiro atoms. The Kier molecular flexibility index (Phi) is 7.46. The van der Waals surface area contributed by atoms with Crippen LogP contribution in [-0.2, 0) is 7.05 Å². The second-order valence-corrected chi connectivity index (χ2v) is 2.82. The molecule has 14 heavy (non-hydrogen) atoms. The third kappa shape index (κ3) is 6.20. The monoisotopic (exact) mass is 193 g/mol. The first-order valence-corrected chi connectivity index (χ1v) is 4.58. The van der Waals surface area contributed by atoms with Crippen molar-refractivity contribution in [3.63, 3.8) is 0 Å². The number of rotatable bonds is 4. The summed E-state index contributed by atoms with van der Waals surface area (Å²) in [5.41, 5.74) is 0. The molecule has 1 N–H and O–H groups in total. The van der Waals surface area contributed by atoms with Crippen molar-refractivity contribution in [1.29, 1.82) is 0 Å². The highest BCUT2D eigenvalue weighted by Gasteiger charge is 1.83. The largest absolute Gasteiger partial charge is 0.338 e. The van der Waals surface area contributed by atoms with Crippen molar-refractivity contribution in [2.45, 2.75) is 6.92 Å². The summed E-state index contributed by atoms with van der Waals surface area (Å²) >= 11 is 0. The van der Waals surface area contributed by atoms with Crippen molar-refractivity contribution >= 4 is 0 Å². The van der Waals surface area contributed by atoms with E-state index in [1.807, 2.05) is 36.9 Å². The molecule has 0 fully saturated rings. The number of nitrogens with one attached hydrogen (secondary N) is 1. The van der Waals surface area contributed by atoms with Gasteiger partial charge in [-0.3, -0.25) is 0 Å². The van der Waals surface area contributed by atoms with Crippen LogP contribution in [0.1, 0.15) is 5.82 Å². The van der Waals surface area contributed by atoms with Gasteiger partial charge < -0.3 is 9.88 Å². The lowest BCUT2D eigenvalue weighted by atomic mass is 10.5. The molecule has 0 aliphatic heterocycles. The fourth-order valence-corrected chi connectivity index (χ4v) is 0.728. The average Bonchev–Trinajstić information content (AvgIpc) is 2.53. The van der Waals surface area contributed by atoms with E-state index in [0.29, 0.717) is 0 Å². The molecule has 0 saturated carbocycles. The lowest BCUT2D eigenvalue weighted by Gasteiger charge is -1.90. The first-order chi connectivity index (χ1) is 6.72. The van der Waals surface area contributed by atoms with Crippen LogP contribution in [0, 0.1) is 6.92 Å². The van der Waals surface area contributed by atoms with Crippen molar-refractivity contribution in [3.8, 4) is 0 Å². The number of hydrogen-bond acceptors (Lipinski definition) is 2. The lowest BCUT2D eigenvalue weighted by molar-refractivity contribution is 0.845. The van der Waals surface area contributed by atoms with Gasteiger partial charge in [-0.15, -0.1) is 13.2 Å². The highest BCUT2D eigenvalue weighted by molar-refractivity contribution is 4.85.